The molecule has 0 radical (unpaired) electrons. The van der Waals surface area contributed by atoms with Gasteiger partial charge in [-0.15, -0.1) is 0 Å². The van der Waals surface area contributed by atoms with Crippen LogP contribution in [-0.2, 0) is 6.42 Å². The highest BCUT2D eigenvalue weighted by atomic mass is 35.5. The van der Waals surface area contributed by atoms with E-state index in [4.69, 9.17) is 11.6 Å². The van der Waals surface area contributed by atoms with E-state index in [1.54, 1.807) is 5.54 Å². The third-order valence-corrected chi connectivity index (χ3v) is 2.40. The Morgan fingerprint density at radius 3 is 2.71 bits per heavy atom. The van der Waals surface area contributed by atoms with E-state index >= 15 is 0 Å². The van der Waals surface area contributed by atoms with Gasteiger partial charge in [-0.25, -0.2) is 0 Å². The van der Waals surface area contributed by atoms with Crippen molar-refractivity contribution in [1.82, 2.24) is 5.32 Å². The van der Waals surface area contributed by atoms with E-state index in [1.165, 1.54) is 11.1 Å². The van der Waals surface area contributed by atoms with Crippen LogP contribution in [0.25, 0.3) is 0 Å². The first-order valence-corrected chi connectivity index (χ1v) is 5.27. The van der Waals surface area contributed by atoms with Crippen molar-refractivity contribution in [2.45, 2.75) is 13.3 Å². The minimum absolute atomic E-state index is 0.871. The smallest absolute Gasteiger partial charge is 0.0173 e. The van der Waals surface area contributed by atoms with Crippen LogP contribution in [0.4, 0.5) is 0 Å². The van der Waals surface area contributed by atoms with Gasteiger partial charge >= 0.3 is 0 Å². The zero-order chi connectivity index (χ0) is 10.2. The van der Waals surface area contributed by atoms with Crippen molar-refractivity contribution in [2.24, 2.45) is 0 Å². The van der Waals surface area contributed by atoms with Crippen LogP contribution in [0.2, 0.25) is 0 Å². The van der Waals surface area contributed by atoms with Crippen molar-refractivity contribution in [3.8, 4) is 0 Å². The molecule has 2 heteroatoms. The average Bonchev–Trinajstić information content (AvgIpc) is 2.25. The molecule has 1 N–H and O–H groups in total. The number of rotatable bonds is 5. The summed E-state index contributed by atoms with van der Waals surface area (Å²) in [6.07, 6.45) is 1.07. The van der Waals surface area contributed by atoms with Gasteiger partial charge in [-0.3, -0.25) is 0 Å². The molecule has 0 aromatic heterocycles. The van der Waals surface area contributed by atoms with Gasteiger partial charge in [0.15, 0.2) is 0 Å². The third kappa shape index (κ3) is 4.45. The molecule has 0 aliphatic heterocycles. The Morgan fingerprint density at radius 1 is 1.36 bits per heavy atom. The highest BCUT2D eigenvalue weighted by Gasteiger charge is 1.91. The van der Waals surface area contributed by atoms with Crippen LogP contribution < -0.4 is 5.32 Å². The summed E-state index contributed by atoms with van der Waals surface area (Å²) < 4.78 is 0. The molecule has 0 aliphatic carbocycles. The summed E-state index contributed by atoms with van der Waals surface area (Å²) in [5, 5.41) is 3.33. The molecule has 76 valence electrons. The predicted molar refractivity (Wildman–Crippen MR) is 62.6 cm³/mol. The highest BCUT2D eigenvalue weighted by molar-refractivity contribution is 6.25. The summed E-state index contributed by atoms with van der Waals surface area (Å²) in [6, 6.07) is 10.5. The second kappa shape index (κ2) is 6.63. The molecule has 0 unspecified atom stereocenters. The first kappa shape index (κ1) is 11.3. The number of hydrogen-bond donors (Lipinski definition) is 1. The average molecular weight is 210 g/mol. The molecule has 0 amide bonds. The zero-order valence-corrected chi connectivity index (χ0v) is 9.22. The molecule has 0 heterocycles. The van der Waals surface area contributed by atoms with Crippen molar-refractivity contribution in [1.29, 1.82) is 0 Å². The normalized spacial score (nSPS) is 11.7. The van der Waals surface area contributed by atoms with Crippen molar-refractivity contribution in [2.75, 3.05) is 13.1 Å². The van der Waals surface area contributed by atoms with Crippen LogP contribution in [0.15, 0.2) is 41.4 Å². The maximum atomic E-state index is 5.55. The summed E-state index contributed by atoms with van der Waals surface area (Å²) in [4.78, 5) is 0. The molecular weight excluding hydrogens is 194 g/mol. The van der Waals surface area contributed by atoms with Gasteiger partial charge in [0, 0.05) is 12.1 Å². The molecule has 1 rings (SSSR count). The Hall–Kier alpha value is -0.790. The highest BCUT2D eigenvalue weighted by Crippen LogP contribution is 1.98. The van der Waals surface area contributed by atoms with Gasteiger partial charge in [-0.05, 0) is 31.0 Å². The summed E-state index contributed by atoms with van der Waals surface area (Å²) in [7, 11) is 0. The Kier molecular flexibility index (Phi) is 5.35. The first-order chi connectivity index (χ1) is 6.83. The van der Waals surface area contributed by atoms with E-state index < -0.39 is 0 Å². The van der Waals surface area contributed by atoms with E-state index in [1.807, 2.05) is 13.0 Å². The number of benzene rings is 1. The lowest BCUT2D eigenvalue weighted by atomic mass is 10.1. The Morgan fingerprint density at radius 2 is 2.07 bits per heavy atom. The largest absolute Gasteiger partial charge is 0.313 e. The Bertz CT molecular complexity index is 280. The van der Waals surface area contributed by atoms with Crippen LogP contribution in [0.5, 0.6) is 0 Å². The minimum atomic E-state index is 0.871. The van der Waals surface area contributed by atoms with Crippen molar-refractivity contribution >= 4 is 11.6 Å². The predicted octanol–water partition coefficient (Wildman–Crippen LogP) is 2.96. The van der Waals surface area contributed by atoms with Gasteiger partial charge in [0.05, 0.1) is 0 Å². The van der Waals surface area contributed by atoms with E-state index in [-0.39, 0.29) is 0 Å². The molecule has 14 heavy (non-hydrogen) atoms. The molecule has 0 saturated heterocycles. The molecule has 0 aliphatic rings. The number of hydrogen-bond acceptors (Lipinski definition) is 1. The van der Waals surface area contributed by atoms with Crippen LogP contribution in [0.3, 0.4) is 0 Å². The summed E-state index contributed by atoms with van der Waals surface area (Å²) in [6.45, 7) is 3.88. The van der Waals surface area contributed by atoms with Crippen molar-refractivity contribution in [3.63, 3.8) is 0 Å². The lowest BCUT2D eigenvalue weighted by Gasteiger charge is -2.04. The maximum Gasteiger partial charge on any atom is 0.0173 e. The molecule has 0 atom stereocenters. The monoisotopic (exact) mass is 209 g/mol. The quantitative estimate of drug-likeness (QED) is 0.736. The summed E-state index contributed by atoms with van der Waals surface area (Å²) in [5.41, 5.74) is 4.16. The number of nitrogens with one attached hydrogen (secondary N) is 1. The fourth-order valence-corrected chi connectivity index (χ4v) is 1.28. The molecule has 0 saturated carbocycles. The van der Waals surface area contributed by atoms with Gasteiger partial charge in [-0.1, -0.05) is 41.9 Å². The molecule has 1 nitrogen and oxygen atoms in total. The van der Waals surface area contributed by atoms with E-state index in [0.717, 1.165) is 19.5 Å². The van der Waals surface area contributed by atoms with Crippen LogP contribution in [-0.4, -0.2) is 13.1 Å². The molecule has 0 spiro atoms. The van der Waals surface area contributed by atoms with E-state index in [0.29, 0.717) is 0 Å². The molecule has 1 aromatic carbocycles. The maximum absolute atomic E-state index is 5.55. The van der Waals surface area contributed by atoms with Gasteiger partial charge in [-0.2, -0.15) is 0 Å². The van der Waals surface area contributed by atoms with Crippen LogP contribution in [0, 0.1) is 0 Å². The molecular formula is C12H16ClN. The zero-order valence-electron chi connectivity index (χ0n) is 8.46. The Balaban J connectivity index is 2.17. The lowest BCUT2D eigenvalue weighted by Crippen LogP contribution is -2.19. The molecule has 0 fully saturated rings. The third-order valence-electron chi connectivity index (χ3n) is 2.02. The second-order valence-corrected chi connectivity index (χ2v) is 3.59. The fourth-order valence-electron chi connectivity index (χ4n) is 1.20. The number of halogens is 1. The first-order valence-electron chi connectivity index (χ1n) is 4.83. The van der Waals surface area contributed by atoms with E-state index in [9.17, 15) is 0 Å². The van der Waals surface area contributed by atoms with Crippen LogP contribution in [0.1, 0.15) is 12.5 Å². The topological polar surface area (TPSA) is 12.0 Å². The standard InChI is InChI=1S/C12H16ClN/c1-11(9-13)10-14-8-7-12-5-3-2-4-6-12/h2-6,9,14H,7-8,10H2,1H3/b11-9-. The van der Waals surface area contributed by atoms with Gasteiger partial charge in [0.2, 0.25) is 0 Å². The lowest BCUT2D eigenvalue weighted by molar-refractivity contribution is 0.728. The SMILES string of the molecule is C/C(=C/Cl)CNCCc1ccccc1. The van der Waals surface area contributed by atoms with Gasteiger partial charge in [0.1, 0.15) is 0 Å². The minimum Gasteiger partial charge on any atom is -0.313 e. The van der Waals surface area contributed by atoms with Crippen molar-refractivity contribution in [3.05, 3.63) is 47.0 Å². The van der Waals surface area contributed by atoms with Crippen LogP contribution >= 0.6 is 11.6 Å². The van der Waals surface area contributed by atoms with Gasteiger partial charge in [0.25, 0.3) is 0 Å². The van der Waals surface area contributed by atoms with Crippen molar-refractivity contribution < 1.29 is 0 Å². The van der Waals surface area contributed by atoms with Gasteiger partial charge < -0.3 is 5.32 Å². The molecule has 1 aromatic rings. The summed E-state index contributed by atoms with van der Waals surface area (Å²) in [5.74, 6) is 0. The summed E-state index contributed by atoms with van der Waals surface area (Å²) >= 11 is 5.55. The Labute approximate surface area is 90.8 Å². The van der Waals surface area contributed by atoms with E-state index in [2.05, 4.69) is 29.6 Å². The second-order valence-electron chi connectivity index (χ2n) is 3.37. The molecule has 0 bridgehead atoms. The fraction of sp³-hybridized carbons (Fsp3) is 0.333.